The highest BCUT2D eigenvalue weighted by molar-refractivity contribution is 6.62. The molecular weight excluding hydrogens is 160 g/mol. The molecule has 0 aromatic carbocycles. The Labute approximate surface area is 81.5 Å². The monoisotopic (exact) mass is 174 g/mol. The molecular formula is C9H14B2NO. The van der Waals surface area contributed by atoms with E-state index in [-0.39, 0.29) is 17.4 Å². The smallest absolute Gasteiger partial charge is 0.127 e. The van der Waals surface area contributed by atoms with Crippen molar-refractivity contribution < 1.29 is 4.79 Å². The zero-order valence-corrected chi connectivity index (χ0v) is 7.99. The van der Waals surface area contributed by atoms with Crippen LogP contribution in [0.1, 0.15) is 12.8 Å². The fourth-order valence-corrected chi connectivity index (χ4v) is 2.40. The van der Waals surface area contributed by atoms with Crippen LogP contribution >= 0.6 is 0 Å². The first-order valence-electron chi connectivity index (χ1n) is 5.03. The van der Waals surface area contributed by atoms with Crippen LogP contribution in [-0.4, -0.2) is 34.5 Å². The molecule has 1 aliphatic carbocycles. The van der Waals surface area contributed by atoms with Crippen molar-refractivity contribution in [3.63, 3.8) is 0 Å². The second kappa shape index (κ2) is 3.49. The van der Waals surface area contributed by atoms with Gasteiger partial charge in [0.15, 0.2) is 0 Å². The van der Waals surface area contributed by atoms with Crippen LogP contribution in [0.15, 0.2) is 0 Å². The zero-order chi connectivity index (χ0) is 9.42. The lowest BCUT2D eigenvalue weighted by Crippen LogP contribution is -2.22. The summed E-state index contributed by atoms with van der Waals surface area (Å²) in [5, 5.41) is 3.14. The molecule has 2 fully saturated rings. The topological polar surface area (TPSA) is 29.1 Å². The molecule has 0 bridgehead atoms. The molecule has 67 valence electrons. The number of rotatable bonds is 3. The molecule has 2 nitrogen and oxygen atoms in total. The van der Waals surface area contributed by atoms with E-state index in [0.717, 1.165) is 19.4 Å². The van der Waals surface area contributed by atoms with E-state index in [1.807, 2.05) is 7.05 Å². The van der Waals surface area contributed by atoms with Crippen LogP contribution < -0.4 is 5.32 Å². The van der Waals surface area contributed by atoms with Gasteiger partial charge in [-0.05, 0) is 44.0 Å². The number of hydrogen-bond donors (Lipinski definition) is 1. The molecule has 1 aliphatic heterocycles. The Kier molecular flexibility index (Phi) is 2.50. The Morgan fingerprint density at radius 1 is 1.69 bits per heavy atom. The Bertz CT molecular complexity index is 218. The summed E-state index contributed by atoms with van der Waals surface area (Å²) in [6.45, 7) is 1.03. The summed E-state index contributed by atoms with van der Waals surface area (Å²) >= 11 is 0. The van der Waals surface area contributed by atoms with Crippen LogP contribution in [0, 0.1) is 5.92 Å². The minimum absolute atomic E-state index is 0.193. The summed E-state index contributed by atoms with van der Waals surface area (Å²) in [4.78, 5) is 11.4. The summed E-state index contributed by atoms with van der Waals surface area (Å²) < 4.78 is 0. The third-order valence-electron chi connectivity index (χ3n) is 3.26. The van der Waals surface area contributed by atoms with E-state index < -0.39 is 0 Å². The van der Waals surface area contributed by atoms with Crippen LogP contribution in [0.4, 0.5) is 0 Å². The fourth-order valence-electron chi connectivity index (χ4n) is 2.40. The second-order valence-electron chi connectivity index (χ2n) is 4.19. The summed E-state index contributed by atoms with van der Waals surface area (Å²) in [5.74, 6) is 1.49. The number of carbonyl (C=O) groups is 1. The third kappa shape index (κ3) is 1.69. The van der Waals surface area contributed by atoms with E-state index in [1.54, 1.807) is 0 Å². The van der Waals surface area contributed by atoms with E-state index in [4.69, 9.17) is 7.85 Å². The largest absolute Gasteiger partial charge is 0.320 e. The van der Waals surface area contributed by atoms with Crippen molar-refractivity contribution >= 4 is 20.9 Å². The molecule has 0 spiro atoms. The third-order valence-corrected chi connectivity index (χ3v) is 3.26. The van der Waals surface area contributed by atoms with Gasteiger partial charge in [-0.3, -0.25) is 0 Å². The van der Waals surface area contributed by atoms with E-state index in [2.05, 4.69) is 12.6 Å². The highest BCUT2D eigenvalue weighted by Gasteiger charge is 2.52. The molecule has 13 heavy (non-hydrogen) atoms. The lowest BCUT2D eigenvalue weighted by atomic mass is 9.69. The van der Waals surface area contributed by atoms with Crippen LogP contribution in [0.25, 0.3) is 0 Å². The maximum absolute atomic E-state index is 11.4. The average molecular weight is 174 g/mol. The van der Waals surface area contributed by atoms with Crippen LogP contribution in [0.3, 0.4) is 0 Å². The average Bonchev–Trinajstić information content (AvgIpc) is 2.89. The van der Waals surface area contributed by atoms with Gasteiger partial charge in [0.2, 0.25) is 0 Å². The van der Waals surface area contributed by atoms with Crippen molar-refractivity contribution in [2.75, 3.05) is 13.6 Å². The molecule has 0 aromatic heterocycles. The number of carbonyl (C=O) groups excluding carboxylic acids is 1. The first kappa shape index (κ1) is 9.32. The van der Waals surface area contributed by atoms with E-state index >= 15 is 0 Å². The van der Waals surface area contributed by atoms with Crippen molar-refractivity contribution in [2.45, 2.75) is 30.3 Å². The maximum atomic E-state index is 11.4. The van der Waals surface area contributed by atoms with Crippen molar-refractivity contribution in [1.29, 1.82) is 0 Å². The van der Waals surface area contributed by atoms with Gasteiger partial charge in [-0.1, -0.05) is 5.82 Å². The van der Waals surface area contributed by atoms with Crippen molar-refractivity contribution in [1.82, 2.24) is 5.32 Å². The first-order valence-corrected chi connectivity index (χ1v) is 5.03. The van der Waals surface area contributed by atoms with Crippen molar-refractivity contribution in [2.24, 2.45) is 5.92 Å². The van der Waals surface area contributed by atoms with Gasteiger partial charge in [-0.15, -0.1) is 0 Å². The Balaban J connectivity index is 1.90. The molecule has 3 radical (unpaired) electrons. The minimum Gasteiger partial charge on any atom is -0.320 e. The van der Waals surface area contributed by atoms with Gasteiger partial charge < -0.3 is 10.1 Å². The lowest BCUT2D eigenvalue weighted by molar-refractivity contribution is -0.119. The van der Waals surface area contributed by atoms with Crippen LogP contribution in [-0.2, 0) is 4.79 Å². The summed E-state index contributed by atoms with van der Waals surface area (Å²) in [5.41, 5.74) is 0. The van der Waals surface area contributed by atoms with Crippen LogP contribution in [0.2, 0.25) is 17.5 Å². The van der Waals surface area contributed by atoms with Gasteiger partial charge in [0, 0.05) is 0 Å². The molecule has 1 heterocycles. The summed E-state index contributed by atoms with van der Waals surface area (Å²) in [7, 11) is 9.89. The van der Waals surface area contributed by atoms with Gasteiger partial charge >= 0.3 is 0 Å². The Morgan fingerprint density at radius 2 is 2.46 bits per heavy atom. The van der Waals surface area contributed by atoms with Gasteiger partial charge in [0.05, 0.1) is 7.85 Å². The van der Waals surface area contributed by atoms with E-state index in [1.165, 1.54) is 0 Å². The molecule has 2 rings (SSSR count). The predicted molar refractivity (Wildman–Crippen MR) is 54.4 cm³/mol. The number of fused-ring (bicyclic) bond motifs is 1. The minimum atomic E-state index is -0.193. The van der Waals surface area contributed by atoms with Gasteiger partial charge in [0.25, 0.3) is 0 Å². The standard InChI is InChI=1S/C9H14B2NO/c1-12-3-2-5-4-6(10)9(13)8-7(5)11-8/h5-8,12H,2-4H2,1H3. The molecule has 4 unspecified atom stereocenters. The molecule has 1 saturated heterocycles. The van der Waals surface area contributed by atoms with Gasteiger partial charge in [-0.2, -0.15) is 0 Å². The van der Waals surface area contributed by atoms with Crippen molar-refractivity contribution in [3.05, 3.63) is 0 Å². The van der Waals surface area contributed by atoms with Gasteiger partial charge in [0.1, 0.15) is 13.1 Å². The fraction of sp³-hybridized carbons (Fsp3) is 0.889. The molecule has 1 saturated carbocycles. The molecule has 1 N–H and O–H groups in total. The highest BCUT2D eigenvalue weighted by Crippen LogP contribution is 2.57. The zero-order valence-electron chi connectivity index (χ0n) is 7.99. The maximum Gasteiger partial charge on any atom is 0.127 e. The van der Waals surface area contributed by atoms with E-state index in [9.17, 15) is 4.79 Å². The Hall–Kier alpha value is -0.240. The summed E-state index contributed by atoms with van der Waals surface area (Å²) in [6.07, 6.45) is 2.04. The molecule has 0 amide bonds. The highest BCUT2D eigenvalue weighted by atomic mass is 16.1. The number of nitrogens with one attached hydrogen (secondary N) is 1. The number of hydrogen-bond acceptors (Lipinski definition) is 2. The lowest BCUT2D eigenvalue weighted by Gasteiger charge is -2.26. The molecule has 2 aliphatic rings. The summed E-state index contributed by atoms with van der Waals surface area (Å²) in [6, 6.07) is 0. The predicted octanol–water partition coefficient (Wildman–Crippen LogP) is 0.437. The molecule has 4 atom stereocenters. The SMILES string of the molecule is [B]C1CC(CCNC)C2[B]C2C1=O. The normalized spacial score (nSPS) is 42.4. The van der Waals surface area contributed by atoms with E-state index in [0.29, 0.717) is 11.7 Å². The quantitative estimate of drug-likeness (QED) is 0.628. The van der Waals surface area contributed by atoms with Gasteiger partial charge in [-0.25, -0.2) is 0 Å². The second-order valence-corrected chi connectivity index (χ2v) is 4.19. The Morgan fingerprint density at radius 3 is 3.15 bits per heavy atom. The number of ketones is 1. The first-order chi connectivity index (χ1) is 6.24. The molecule has 4 heteroatoms. The van der Waals surface area contributed by atoms with Crippen LogP contribution in [0.5, 0.6) is 0 Å². The van der Waals surface area contributed by atoms with Crippen molar-refractivity contribution in [3.8, 4) is 0 Å². The number of Topliss-reactive ketones (excluding diaryl/α,β-unsaturated/α-hetero) is 1. The molecule has 0 aromatic rings.